The van der Waals surface area contributed by atoms with Crippen molar-refractivity contribution < 1.29 is 14.0 Å². The number of hydrogen-bond acceptors (Lipinski definition) is 3. The third-order valence-electron chi connectivity index (χ3n) is 5.58. The monoisotopic (exact) mass is 381 g/mol. The highest BCUT2D eigenvalue weighted by atomic mass is 19.1. The first-order valence-electron chi connectivity index (χ1n) is 9.76. The van der Waals surface area contributed by atoms with Gasteiger partial charge in [-0.3, -0.25) is 9.59 Å². The van der Waals surface area contributed by atoms with Crippen molar-refractivity contribution in [2.75, 3.05) is 23.3 Å². The first kappa shape index (κ1) is 18.5. The second-order valence-electron chi connectivity index (χ2n) is 7.59. The Hall–Kier alpha value is -2.89. The van der Waals surface area contributed by atoms with E-state index in [0.717, 1.165) is 24.3 Å². The van der Waals surface area contributed by atoms with E-state index in [9.17, 15) is 14.0 Å². The summed E-state index contributed by atoms with van der Waals surface area (Å²) in [5, 5.41) is 5.69. The lowest BCUT2D eigenvalue weighted by Crippen LogP contribution is -2.39. The Labute approximate surface area is 163 Å². The molecule has 0 unspecified atom stereocenters. The predicted octanol–water partition coefficient (Wildman–Crippen LogP) is 3.46. The zero-order valence-corrected chi connectivity index (χ0v) is 15.7. The van der Waals surface area contributed by atoms with Crippen molar-refractivity contribution in [1.29, 1.82) is 0 Å². The Kier molecular flexibility index (Phi) is 5.03. The smallest absolute Gasteiger partial charge is 0.240 e. The van der Waals surface area contributed by atoms with E-state index >= 15 is 0 Å². The van der Waals surface area contributed by atoms with Crippen LogP contribution in [0, 0.1) is 11.2 Å². The molecule has 5 nitrogen and oxygen atoms in total. The molecule has 1 saturated heterocycles. The summed E-state index contributed by atoms with van der Waals surface area (Å²) in [5.74, 6) is -0.857. The maximum atomic E-state index is 13.0. The van der Waals surface area contributed by atoms with Crippen LogP contribution >= 0.6 is 0 Å². The summed E-state index contributed by atoms with van der Waals surface area (Å²) >= 11 is 0. The Morgan fingerprint density at radius 2 is 1.57 bits per heavy atom. The summed E-state index contributed by atoms with van der Waals surface area (Å²) in [6.07, 6.45) is 3.52. The number of amides is 2. The Bertz CT molecular complexity index is 854. The van der Waals surface area contributed by atoms with E-state index in [1.54, 1.807) is 12.1 Å². The minimum Gasteiger partial charge on any atom is -0.372 e. The number of anilines is 2. The van der Waals surface area contributed by atoms with Gasteiger partial charge in [0.1, 0.15) is 11.2 Å². The van der Waals surface area contributed by atoms with Crippen LogP contribution in [0.3, 0.4) is 0 Å². The lowest BCUT2D eigenvalue weighted by atomic mass is 10.0. The fourth-order valence-electron chi connectivity index (χ4n) is 3.62. The molecule has 2 amide bonds. The minimum atomic E-state index is -0.992. The lowest BCUT2D eigenvalue weighted by Gasteiger charge is -2.19. The highest BCUT2D eigenvalue weighted by Crippen LogP contribution is 2.47. The van der Waals surface area contributed by atoms with Crippen LogP contribution < -0.4 is 15.5 Å². The predicted molar refractivity (Wildman–Crippen MR) is 106 cm³/mol. The lowest BCUT2D eigenvalue weighted by molar-refractivity contribution is -0.134. The number of rotatable bonds is 6. The summed E-state index contributed by atoms with van der Waals surface area (Å²) in [6, 6.07) is 13.7. The van der Waals surface area contributed by atoms with Gasteiger partial charge in [0.2, 0.25) is 11.8 Å². The van der Waals surface area contributed by atoms with Crippen LogP contribution in [0.2, 0.25) is 0 Å². The van der Waals surface area contributed by atoms with Crippen molar-refractivity contribution in [3.63, 3.8) is 0 Å². The van der Waals surface area contributed by atoms with Gasteiger partial charge in [0.15, 0.2) is 0 Å². The second-order valence-corrected chi connectivity index (χ2v) is 7.59. The number of hydrogen-bond donors (Lipinski definition) is 2. The molecule has 1 aliphatic carbocycles. The van der Waals surface area contributed by atoms with Gasteiger partial charge in [-0.15, -0.1) is 0 Å². The zero-order valence-electron chi connectivity index (χ0n) is 15.7. The second kappa shape index (κ2) is 7.62. The number of carbonyl (C=O) groups excluding carboxylic acids is 2. The molecule has 4 rings (SSSR count). The molecule has 0 spiro atoms. The Morgan fingerprint density at radius 1 is 0.929 bits per heavy atom. The molecule has 2 aliphatic rings. The summed E-state index contributed by atoms with van der Waals surface area (Å²) in [7, 11) is 0. The first-order chi connectivity index (χ1) is 13.6. The maximum absolute atomic E-state index is 13.0. The van der Waals surface area contributed by atoms with Gasteiger partial charge < -0.3 is 15.5 Å². The van der Waals surface area contributed by atoms with Gasteiger partial charge in [0, 0.05) is 31.0 Å². The Balaban J connectivity index is 1.34. The molecule has 1 heterocycles. The number of carbonyl (C=O) groups is 2. The van der Waals surface area contributed by atoms with Crippen molar-refractivity contribution in [3.05, 3.63) is 59.9 Å². The van der Waals surface area contributed by atoms with Gasteiger partial charge in [-0.1, -0.05) is 12.1 Å². The highest BCUT2D eigenvalue weighted by Gasteiger charge is 2.56. The average molecular weight is 381 g/mol. The van der Waals surface area contributed by atoms with Crippen LogP contribution in [-0.2, 0) is 16.1 Å². The van der Waals surface area contributed by atoms with Crippen LogP contribution in [-0.4, -0.2) is 24.9 Å². The molecule has 0 bridgehead atoms. The number of halogens is 1. The third kappa shape index (κ3) is 3.86. The minimum absolute atomic E-state index is 0.266. The van der Waals surface area contributed by atoms with Gasteiger partial charge >= 0.3 is 0 Å². The van der Waals surface area contributed by atoms with E-state index in [4.69, 9.17) is 0 Å². The molecule has 0 aromatic heterocycles. The molecular weight excluding hydrogens is 357 g/mol. The summed E-state index contributed by atoms with van der Waals surface area (Å²) in [4.78, 5) is 27.6. The molecule has 1 aliphatic heterocycles. The molecule has 2 N–H and O–H groups in total. The van der Waals surface area contributed by atoms with Gasteiger partial charge in [-0.25, -0.2) is 4.39 Å². The van der Waals surface area contributed by atoms with Crippen molar-refractivity contribution in [1.82, 2.24) is 5.32 Å². The van der Waals surface area contributed by atoms with Gasteiger partial charge in [-0.2, -0.15) is 0 Å². The first-order valence-corrected chi connectivity index (χ1v) is 9.76. The van der Waals surface area contributed by atoms with Crippen LogP contribution in [0.15, 0.2) is 48.5 Å². The number of nitrogens with zero attached hydrogens (tertiary/aromatic N) is 1. The summed E-state index contributed by atoms with van der Waals surface area (Å²) in [6.45, 7) is 2.42. The van der Waals surface area contributed by atoms with E-state index in [2.05, 4.69) is 15.5 Å². The molecule has 2 aromatic carbocycles. The van der Waals surface area contributed by atoms with Gasteiger partial charge in [0.05, 0.1) is 0 Å². The SMILES string of the molecule is O=C(NCc1ccc(F)cc1)C1(C(=O)Nc2ccc(N3CCCC3)cc2)CC1. The molecular formula is C22H24FN3O2. The number of benzene rings is 2. The molecule has 1 saturated carbocycles. The van der Waals surface area contributed by atoms with Gasteiger partial charge in [0.25, 0.3) is 0 Å². The molecule has 6 heteroatoms. The van der Waals surface area contributed by atoms with Crippen LogP contribution in [0.5, 0.6) is 0 Å². The van der Waals surface area contributed by atoms with E-state index in [0.29, 0.717) is 18.5 Å². The molecule has 2 fully saturated rings. The zero-order chi connectivity index (χ0) is 19.6. The topological polar surface area (TPSA) is 61.4 Å². The van der Waals surface area contributed by atoms with Crippen LogP contribution in [0.25, 0.3) is 0 Å². The summed E-state index contributed by atoms with van der Waals surface area (Å²) in [5.41, 5.74) is 1.66. The molecule has 0 atom stereocenters. The normalized spacial score (nSPS) is 17.2. The largest absolute Gasteiger partial charge is 0.372 e. The molecule has 2 aromatic rings. The van der Waals surface area contributed by atoms with Crippen LogP contribution in [0.1, 0.15) is 31.2 Å². The maximum Gasteiger partial charge on any atom is 0.240 e. The average Bonchev–Trinajstić information content (AvgIpc) is 3.35. The van der Waals surface area contributed by atoms with Crippen molar-refractivity contribution >= 4 is 23.2 Å². The van der Waals surface area contributed by atoms with Crippen LogP contribution in [0.4, 0.5) is 15.8 Å². The standard InChI is InChI=1S/C22H24FN3O2/c23-17-5-3-16(4-6-17)15-24-20(27)22(11-12-22)21(28)25-18-7-9-19(10-8-18)26-13-1-2-14-26/h3-10H,1-2,11-15H2,(H,24,27)(H,25,28). The van der Waals surface area contributed by atoms with Crippen molar-refractivity contribution in [2.45, 2.75) is 32.2 Å². The van der Waals surface area contributed by atoms with E-state index < -0.39 is 5.41 Å². The fourth-order valence-corrected chi connectivity index (χ4v) is 3.62. The van der Waals surface area contributed by atoms with E-state index in [-0.39, 0.29) is 24.2 Å². The quantitative estimate of drug-likeness (QED) is 0.754. The third-order valence-corrected chi connectivity index (χ3v) is 5.58. The highest BCUT2D eigenvalue weighted by molar-refractivity contribution is 6.13. The van der Waals surface area contributed by atoms with E-state index in [1.807, 2.05) is 24.3 Å². The number of nitrogens with one attached hydrogen (secondary N) is 2. The molecule has 28 heavy (non-hydrogen) atoms. The molecule has 0 radical (unpaired) electrons. The fraction of sp³-hybridized carbons (Fsp3) is 0.364. The van der Waals surface area contributed by atoms with Gasteiger partial charge in [-0.05, 0) is 67.6 Å². The van der Waals surface area contributed by atoms with Crippen molar-refractivity contribution in [3.8, 4) is 0 Å². The van der Waals surface area contributed by atoms with E-state index in [1.165, 1.54) is 25.0 Å². The Morgan fingerprint density at radius 3 is 2.18 bits per heavy atom. The molecule has 146 valence electrons. The summed E-state index contributed by atoms with van der Waals surface area (Å²) < 4.78 is 13.0. The van der Waals surface area contributed by atoms with Crippen molar-refractivity contribution in [2.24, 2.45) is 5.41 Å².